The van der Waals surface area contributed by atoms with Crippen LogP contribution in [0, 0.1) is 0 Å². The van der Waals surface area contributed by atoms with Crippen molar-refractivity contribution < 1.29 is 19.4 Å². The molecule has 0 radical (unpaired) electrons. The predicted molar refractivity (Wildman–Crippen MR) is 166 cm³/mol. The molecule has 2 N–H and O–H groups in total. The lowest BCUT2D eigenvalue weighted by Crippen LogP contribution is -2.22. The van der Waals surface area contributed by atoms with Gasteiger partial charge in [0.15, 0.2) is 0 Å². The number of nitrogens with zero attached hydrogens (tertiary/aromatic N) is 1. The van der Waals surface area contributed by atoms with Crippen LogP contribution < -0.4 is 14.3 Å². The molecule has 0 atom stereocenters. The number of thiazole rings is 1. The molecule has 0 saturated heterocycles. The van der Waals surface area contributed by atoms with E-state index in [4.69, 9.17) is 14.3 Å². The Morgan fingerprint density at radius 1 is 1.00 bits per heavy atom. The lowest BCUT2D eigenvalue weighted by Gasteiger charge is -2.26. The third-order valence-electron chi connectivity index (χ3n) is 6.84. The fourth-order valence-electron chi connectivity index (χ4n) is 4.72. The van der Waals surface area contributed by atoms with Crippen LogP contribution >= 0.6 is 11.3 Å². The van der Waals surface area contributed by atoms with Crippen molar-refractivity contribution in [3.63, 3.8) is 0 Å². The average Bonchev–Trinajstić information content (AvgIpc) is 3.31. The van der Waals surface area contributed by atoms with Crippen molar-refractivity contribution in [2.45, 2.75) is 51.9 Å². The number of aromatic amines is 1. The lowest BCUT2D eigenvalue weighted by atomic mass is 9.79. The first kappa shape index (κ1) is 29.9. The van der Waals surface area contributed by atoms with E-state index in [1.165, 1.54) is 5.56 Å². The quantitative estimate of drug-likeness (QED) is 0.0935. The number of aromatic hydroxyl groups is 1. The van der Waals surface area contributed by atoms with Gasteiger partial charge in [0.25, 0.3) is 0 Å². The van der Waals surface area contributed by atoms with Crippen LogP contribution in [0.1, 0.15) is 56.7 Å². The van der Waals surface area contributed by atoms with Crippen LogP contribution in [0.15, 0.2) is 82.7 Å². The Kier molecular flexibility index (Phi) is 10.2. The highest BCUT2D eigenvalue weighted by atomic mass is 32.1. The summed E-state index contributed by atoms with van der Waals surface area (Å²) < 4.78 is 12.0. The number of aromatic nitrogens is 1. The molecule has 8 heteroatoms. The molecule has 1 heterocycles. The number of benzene rings is 3. The number of ether oxygens (including phenoxy) is 2. The molecular weight excluding hydrogens is 536 g/mol. The Morgan fingerprint density at radius 3 is 2.39 bits per heavy atom. The van der Waals surface area contributed by atoms with Gasteiger partial charge in [-0.05, 0) is 76.6 Å². The van der Waals surface area contributed by atoms with Crippen molar-refractivity contribution in [3.8, 4) is 27.8 Å². The standard InChI is InChI=1S/C33H38N2O5S/c1-5-10-25-21-24(28(35-38-4)22-33(2,3)26-11-7-6-8-12-26)15-18-29(25)40-20-9-19-39-27-16-13-23(14-17-27)30-31(36)34-32(37)41-30/h6-8,11-18,21,36H,5,9-10,19-20,22H2,1-4H3,(H,34,37). The highest BCUT2D eigenvalue weighted by molar-refractivity contribution is 7.13. The second-order valence-corrected chi connectivity index (χ2v) is 11.5. The Balaban J connectivity index is 1.34. The van der Waals surface area contributed by atoms with Crippen molar-refractivity contribution in [2.24, 2.45) is 5.16 Å². The van der Waals surface area contributed by atoms with Crippen LogP contribution in [0.3, 0.4) is 0 Å². The van der Waals surface area contributed by atoms with Gasteiger partial charge in [-0.1, -0.05) is 74.0 Å². The molecule has 0 aliphatic heterocycles. The van der Waals surface area contributed by atoms with Gasteiger partial charge in [-0.2, -0.15) is 0 Å². The molecule has 0 aliphatic carbocycles. The highest BCUT2D eigenvalue weighted by Gasteiger charge is 2.24. The summed E-state index contributed by atoms with van der Waals surface area (Å²) in [6, 6.07) is 24.1. The first-order chi connectivity index (χ1) is 19.8. The minimum Gasteiger partial charge on any atom is -0.493 e. The molecule has 4 rings (SSSR count). The van der Waals surface area contributed by atoms with Crippen molar-refractivity contribution >= 4 is 17.0 Å². The second kappa shape index (κ2) is 14.0. The monoisotopic (exact) mass is 574 g/mol. The third kappa shape index (κ3) is 8.01. The molecule has 1 aromatic heterocycles. The van der Waals surface area contributed by atoms with Gasteiger partial charge in [0.05, 0.1) is 23.8 Å². The van der Waals surface area contributed by atoms with Crippen molar-refractivity contribution in [2.75, 3.05) is 20.3 Å². The van der Waals surface area contributed by atoms with Crippen molar-refractivity contribution in [3.05, 3.63) is 99.2 Å². The van der Waals surface area contributed by atoms with E-state index < -0.39 is 0 Å². The summed E-state index contributed by atoms with van der Waals surface area (Å²) in [5, 5.41) is 14.3. The summed E-state index contributed by atoms with van der Waals surface area (Å²) in [5.74, 6) is 1.49. The van der Waals surface area contributed by atoms with Gasteiger partial charge in [0.1, 0.15) is 18.6 Å². The first-order valence-corrected chi connectivity index (χ1v) is 14.7. The maximum absolute atomic E-state index is 11.4. The Bertz CT molecular complexity index is 1490. The number of hydrogen-bond donors (Lipinski definition) is 2. The van der Waals surface area contributed by atoms with Crippen LogP contribution in [0.4, 0.5) is 0 Å². The largest absolute Gasteiger partial charge is 0.493 e. The Morgan fingerprint density at radius 2 is 1.73 bits per heavy atom. The Labute approximate surface area is 245 Å². The fourth-order valence-corrected chi connectivity index (χ4v) is 5.46. The van der Waals surface area contributed by atoms with E-state index in [0.717, 1.165) is 70.9 Å². The van der Waals surface area contributed by atoms with Gasteiger partial charge >= 0.3 is 4.87 Å². The molecule has 0 saturated carbocycles. The number of H-pyrrole nitrogens is 1. The minimum atomic E-state index is -0.287. The lowest BCUT2D eigenvalue weighted by molar-refractivity contribution is 0.212. The van der Waals surface area contributed by atoms with Crippen LogP contribution in [0.25, 0.3) is 10.4 Å². The third-order valence-corrected chi connectivity index (χ3v) is 7.76. The molecule has 0 unspecified atom stereocenters. The van der Waals surface area contributed by atoms with Crippen LogP contribution in [-0.2, 0) is 16.7 Å². The van der Waals surface area contributed by atoms with Crippen molar-refractivity contribution in [1.29, 1.82) is 0 Å². The summed E-state index contributed by atoms with van der Waals surface area (Å²) in [6.07, 6.45) is 3.36. The van der Waals surface area contributed by atoms with Crippen LogP contribution in [0.2, 0.25) is 0 Å². The van der Waals surface area contributed by atoms with E-state index >= 15 is 0 Å². The smallest absolute Gasteiger partial charge is 0.307 e. The molecule has 0 spiro atoms. The maximum Gasteiger partial charge on any atom is 0.307 e. The summed E-state index contributed by atoms with van der Waals surface area (Å²) in [6.45, 7) is 7.65. The number of rotatable bonds is 14. The number of oxime groups is 1. The zero-order valence-corrected chi connectivity index (χ0v) is 24.9. The number of aryl methyl sites for hydroxylation is 1. The molecule has 216 valence electrons. The molecule has 0 amide bonds. The van der Waals surface area contributed by atoms with E-state index in [1.54, 1.807) is 7.11 Å². The van der Waals surface area contributed by atoms with Gasteiger partial charge < -0.3 is 19.4 Å². The highest BCUT2D eigenvalue weighted by Crippen LogP contribution is 2.32. The average molecular weight is 575 g/mol. The topological polar surface area (TPSA) is 93.1 Å². The van der Waals surface area contributed by atoms with E-state index in [0.29, 0.717) is 18.1 Å². The molecule has 3 aromatic carbocycles. The summed E-state index contributed by atoms with van der Waals surface area (Å²) in [4.78, 5) is 19.3. The van der Waals surface area contributed by atoms with Gasteiger partial charge in [-0.3, -0.25) is 9.78 Å². The second-order valence-electron chi connectivity index (χ2n) is 10.5. The molecule has 41 heavy (non-hydrogen) atoms. The molecule has 0 aliphatic rings. The SMILES string of the molecule is CCCc1cc(C(CC(C)(C)c2ccccc2)=NOC)ccc1OCCCOc1ccc(-c2sc(=O)[nH]c2O)cc1. The molecule has 7 nitrogen and oxygen atoms in total. The summed E-state index contributed by atoms with van der Waals surface area (Å²) in [7, 11) is 1.59. The molecular formula is C33H38N2O5S. The zero-order chi connectivity index (χ0) is 29.2. The van der Waals surface area contributed by atoms with E-state index in [-0.39, 0.29) is 16.2 Å². The maximum atomic E-state index is 11.4. The number of nitrogens with one attached hydrogen (secondary N) is 1. The summed E-state index contributed by atoms with van der Waals surface area (Å²) >= 11 is 0.975. The molecule has 0 bridgehead atoms. The van der Waals surface area contributed by atoms with E-state index in [2.05, 4.69) is 67.3 Å². The van der Waals surface area contributed by atoms with Crippen molar-refractivity contribution in [1.82, 2.24) is 4.98 Å². The normalized spacial score (nSPS) is 11.9. The molecule has 4 aromatic rings. The zero-order valence-electron chi connectivity index (χ0n) is 24.1. The van der Waals surface area contributed by atoms with Crippen LogP contribution in [-0.4, -0.2) is 36.1 Å². The molecule has 0 fully saturated rings. The predicted octanol–water partition coefficient (Wildman–Crippen LogP) is 7.33. The van der Waals surface area contributed by atoms with Crippen LogP contribution in [0.5, 0.6) is 17.4 Å². The first-order valence-electron chi connectivity index (χ1n) is 13.9. The van der Waals surface area contributed by atoms with E-state index in [1.807, 2.05) is 36.4 Å². The Hall–Kier alpha value is -4.04. The van der Waals surface area contributed by atoms with Gasteiger partial charge in [-0.25, -0.2) is 0 Å². The summed E-state index contributed by atoms with van der Waals surface area (Å²) in [5.41, 5.74) is 5.01. The minimum absolute atomic E-state index is 0.107. The fraction of sp³-hybridized carbons (Fsp3) is 0.333. The van der Waals surface area contributed by atoms with Gasteiger partial charge in [-0.15, -0.1) is 0 Å². The van der Waals surface area contributed by atoms with Gasteiger partial charge in [0, 0.05) is 12.8 Å². The van der Waals surface area contributed by atoms with Gasteiger partial charge in [0.2, 0.25) is 5.88 Å². The van der Waals surface area contributed by atoms with E-state index in [9.17, 15) is 9.90 Å². The number of hydrogen-bond acceptors (Lipinski definition) is 7.